The van der Waals surface area contributed by atoms with Crippen molar-refractivity contribution in [2.24, 2.45) is 0 Å². The SMILES string of the molecule is CCCCCCCCC/C=C/C=C/C(=O)N[C@H](C(=O)N[C@H]1C[C@@H](O)CCNC(=O)/C=C/[C@H](C)NC1=O)[C@@H](C)O. The van der Waals surface area contributed by atoms with Gasteiger partial charge < -0.3 is 31.5 Å². The molecule has 1 heterocycles. The third-order valence-electron chi connectivity index (χ3n) is 6.36. The van der Waals surface area contributed by atoms with Crippen molar-refractivity contribution < 1.29 is 29.4 Å². The zero-order valence-electron chi connectivity index (χ0n) is 23.7. The highest BCUT2D eigenvalue weighted by Crippen LogP contribution is 2.09. The molecule has 10 heteroatoms. The van der Waals surface area contributed by atoms with E-state index < -0.39 is 48.1 Å². The van der Waals surface area contributed by atoms with E-state index in [1.807, 2.05) is 6.08 Å². The van der Waals surface area contributed by atoms with Crippen molar-refractivity contribution in [3.8, 4) is 0 Å². The summed E-state index contributed by atoms with van der Waals surface area (Å²) in [6, 6.07) is -2.92. The molecule has 39 heavy (non-hydrogen) atoms. The van der Waals surface area contributed by atoms with Crippen LogP contribution in [0.2, 0.25) is 0 Å². The van der Waals surface area contributed by atoms with Gasteiger partial charge in [0.15, 0.2) is 0 Å². The van der Waals surface area contributed by atoms with E-state index in [1.165, 1.54) is 63.7 Å². The van der Waals surface area contributed by atoms with Gasteiger partial charge in [-0.25, -0.2) is 0 Å². The standard InChI is InChI=1S/C29H48N4O6/c1-4-5-6-7-8-9-10-11-12-13-14-15-26(37)33-27(22(3)34)29(39)32-24-20-23(35)18-19-30-25(36)17-16-21(2)31-28(24)38/h12-17,21-24,27,34-35H,4-11,18-20H2,1-3H3,(H,30,36)(H,31,38)(H,32,39)(H,33,37)/b13-12+,15-14+,17-16+/t21-,22+,23-,24-,27-/m0/s1. The minimum absolute atomic E-state index is 0.103. The lowest BCUT2D eigenvalue weighted by Crippen LogP contribution is -2.58. The number of rotatable bonds is 14. The summed E-state index contributed by atoms with van der Waals surface area (Å²) in [5.74, 6) is -2.20. The van der Waals surface area contributed by atoms with Gasteiger partial charge in [-0.1, -0.05) is 69.8 Å². The van der Waals surface area contributed by atoms with Crippen molar-refractivity contribution in [2.75, 3.05) is 6.54 Å². The number of aliphatic hydroxyl groups excluding tert-OH is 2. The first kappa shape index (κ1) is 34.0. The molecule has 1 rings (SSSR count). The van der Waals surface area contributed by atoms with E-state index >= 15 is 0 Å². The molecule has 6 N–H and O–H groups in total. The van der Waals surface area contributed by atoms with Gasteiger partial charge in [0.05, 0.1) is 12.2 Å². The summed E-state index contributed by atoms with van der Waals surface area (Å²) in [4.78, 5) is 49.8. The summed E-state index contributed by atoms with van der Waals surface area (Å²) in [6.07, 6.45) is 16.9. The largest absolute Gasteiger partial charge is 0.393 e. The number of aliphatic hydroxyl groups is 2. The summed E-state index contributed by atoms with van der Waals surface area (Å²) in [5.41, 5.74) is 0. The molecule has 10 nitrogen and oxygen atoms in total. The van der Waals surface area contributed by atoms with Crippen molar-refractivity contribution in [2.45, 2.75) is 115 Å². The molecule has 0 aromatic carbocycles. The average molecular weight is 549 g/mol. The first-order chi connectivity index (χ1) is 18.6. The van der Waals surface area contributed by atoms with Crippen molar-refractivity contribution in [3.05, 3.63) is 36.5 Å². The third kappa shape index (κ3) is 15.9. The summed E-state index contributed by atoms with van der Waals surface area (Å²) >= 11 is 0. The fraction of sp³-hybridized carbons (Fsp3) is 0.655. The quantitative estimate of drug-likeness (QED) is 0.111. The fourth-order valence-electron chi connectivity index (χ4n) is 4.05. The Kier molecular flexibility index (Phi) is 17.5. The molecule has 0 saturated heterocycles. The van der Waals surface area contributed by atoms with Gasteiger partial charge in [0.25, 0.3) is 0 Å². The Hall–Kier alpha value is -2.98. The van der Waals surface area contributed by atoms with Crippen LogP contribution in [0.15, 0.2) is 36.5 Å². The predicted molar refractivity (Wildman–Crippen MR) is 151 cm³/mol. The number of amides is 4. The van der Waals surface area contributed by atoms with Gasteiger partial charge in [0.2, 0.25) is 23.6 Å². The molecule has 0 aromatic rings. The zero-order chi connectivity index (χ0) is 29.0. The molecule has 0 spiro atoms. The summed E-state index contributed by atoms with van der Waals surface area (Å²) in [6.45, 7) is 5.43. The first-order valence-electron chi connectivity index (χ1n) is 14.2. The van der Waals surface area contributed by atoms with E-state index in [0.29, 0.717) is 0 Å². The number of hydrogen-bond acceptors (Lipinski definition) is 6. The van der Waals surface area contributed by atoms with Crippen molar-refractivity contribution in [1.29, 1.82) is 0 Å². The van der Waals surface area contributed by atoms with Crippen LogP contribution >= 0.6 is 0 Å². The van der Waals surface area contributed by atoms with Gasteiger partial charge in [0, 0.05) is 31.2 Å². The highest BCUT2D eigenvalue weighted by molar-refractivity contribution is 5.95. The van der Waals surface area contributed by atoms with E-state index in [9.17, 15) is 29.4 Å². The predicted octanol–water partition coefficient (Wildman–Crippen LogP) is 1.92. The maximum atomic E-state index is 12.9. The molecule has 0 radical (unpaired) electrons. The second-order valence-corrected chi connectivity index (χ2v) is 10.1. The molecule has 1 aliphatic rings. The lowest BCUT2D eigenvalue weighted by Gasteiger charge is -2.26. The Morgan fingerprint density at radius 1 is 1.13 bits per heavy atom. The smallest absolute Gasteiger partial charge is 0.245 e. The number of nitrogens with one attached hydrogen (secondary N) is 4. The van der Waals surface area contributed by atoms with Crippen LogP contribution in [0.5, 0.6) is 0 Å². The summed E-state index contributed by atoms with van der Waals surface area (Å²) in [7, 11) is 0. The van der Waals surface area contributed by atoms with E-state index in [0.717, 1.165) is 12.8 Å². The first-order valence-corrected chi connectivity index (χ1v) is 14.2. The average Bonchev–Trinajstić information content (AvgIpc) is 2.88. The molecular weight excluding hydrogens is 500 g/mol. The van der Waals surface area contributed by atoms with Crippen LogP contribution in [0.4, 0.5) is 0 Å². The van der Waals surface area contributed by atoms with Crippen molar-refractivity contribution >= 4 is 23.6 Å². The molecule has 220 valence electrons. The second-order valence-electron chi connectivity index (χ2n) is 10.1. The third-order valence-corrected chi connectivity index (χ3v) is 6.36. The van der Waals surface area contributed by atoms with Gasteiger partial charge >= 0.3 is 0 Å². The van der Waals surface area contributed by atoms with Crippen molar-refractivity contribution in [1.82, 2.24) is 21.3 Å². The Bertz CT molecular complexity index is 855. The Morgan fingerprint density at radius 2 is 1.82 bits per heavy atom. The molecule has 0 aliphatic carbocycles. The summed E-state index contributed by atoms with van der Waals surface area (Å²) in [5, 5.41) is 30.8. The maximum Gasteiger partial charge on any atom is 0.245 e. The second kappa shape index (κ2) is 20.0. The van der Waals surface area contributed by atoms with Crippen LogP contribution in [-0.4, -0.2) is 70.7 Å². The van der Waals surface area contributed by atoms with Gasteiger partial charge in [-0.2, -0.15) is 0 Å². The lowest BCUT2D eigenvalue weighted by atomic mass is 10.0. The molecule has 0 unspecified atom stereocenters. The highest BCUT2D eigenvalue weighted by atomic mass is 16.3. The molecule has 5 atom stereocenters. The molecule has 4 amide bonds. The van der Waals surface area contributed by atoms with Gasteiger partial charge in [-0.3, -0.25) is 19.2 Å². The van der Waals surface area contributed by atoms with Gasteiger partial charge in [0.1, 0.15) is 12.1 Å². The van der Waals surface area contributed by atoms with E-state index in [1.54, 1.807) is 19.1 Å². The molecule has 1 aliphatic heterocycles. The Labute approximate surface area is 232 Å². The maximum absolute atomic E-state index is 12.9. The van der Waals surface area contributed by atoms with Crippen LogP contribution in [0.25, 0.3) is 0 Å². The van der Waals surface area contributed by atoms with Crippen LogP contribution in [0.3, 0.4) is 0 Å². The fourth-order valence-corrected chi connectivity index (χ4v) is 4.05. The molecule has 0 fully saturated rings. The van der Waals surface area contributed by atoms with E-state index in [4.69, 9.17) is 0 Å². The molecule has 0 saturated carbocycles. The van der Waals surface area contributed by atoms with E-state index in [-0.39, 0.29) is 25.3 Å². The Morgan fingerprint density at radius 3 is 2.51 bits per heavy atom. The van der Waals surface area contributed by atoms with Crippen LogP contribution in [-0.2, 0) is 19.2 Å². The monoisotopic (exact) mass is 548 g/mol. The molecule has 0 bridgehead atoms. The van der Waals surface area contributed by atoms with E-state index in [2.05, 4.69) is 28.2 Å². The van der Waals surface area contributed by atoms with Crippen LogP contribution in [0.1, 0.15) is 85.0 Å². The van der Waals surface area contributed by atoms with Crippen LogP contribution < -0.4 is 21.3 Å². The topological polar surface area (TPSA) is 157 Å². The number of hydrogen-bond donors (Lipinski definition) is 6. The van der Waals surface area contributed by atoms with Crippen molar-refractivity contribution in [3.63, 3.8) is 0 Å². The minimum atomic E-state index is -1.30. The zero-order valence-corrected chi connectivity index (χ0v) is 23.7. The Balaban J connectivity index is 2.64. The number of carbonyl (C=O) groups is 4. The highest BCUT2D eigenvalue weighted by Gasteiger charge is 2.31. The lowest BCUT2D eigenvalue weighted by molar-refractivity contribution is -0.134. The molecule has 0 aromatic heterocycles. The van der Waals surface area contributed by atoms with Gasteiger partial charge in [-0.05, 0) is 33.1 Å². The summed E-state index contributed by atoms with van der Waals surface area (Å²) < 4.78 is 0. The normalized spacial score (nSPS) is 23.3. The number of unbranched alkanes of at least 4 members (excludes halogenated alkanes) is 7. The van der Waals surface area contributed by atoms with Crippen LogP contribution in [0, 0.1) is 0 Å². The number of carbonyl (C=O) groups excluding carboxylic acids is 4. The van der Waals surface area contributed by atoms with Gasteiger partial charge in [-0.15, -0.1) is 0 Å². The minimum Gasteiger partial charge on any atom is -0.393 e. The molecular formula is C29H48N4O6. The number of allylic oxidation sites excluding steroid dienone is 3.